The van der Waals surface area contributed by atoms with Gasteiger partial charge in [-0.3, -0.25) is 4.79 Å². The van der Waals surface area contributed by atoms with E-state index in [-0.39, 0.29) is 11.6 Å². The first-order valence-electron chi connectivity index (χ1n) is 6.00. The molecule has 1 aromatic carbocycles. The zero-order valence-electron chi connectivity index (χ0n) is 10.3. The molecule has 1 aliphatic rings. The molecule has 1 saturated carbocycles. The molecule has 1 atom stereocenters. The highest BCUT2D eigenvalue weighted by atomic mass is 19.1. The number of benzene rings is 1. The molecule has 0 radical (unpaired) electrons. The Labute approximate surface area is 105 Å². The minimum atomic E-state index is -0.585. The molecule has 0 aromatic heterocycles. The van der Waals surface area contributed by atoms with Gasteiger partial charge in [0.05, 0.1) is 12.7 Å². The Morgan fingerprint density at radius 3 is 2.83 bits per heavy atom. The number of halogens is 1. The predicted molar refractivity (Wildman–Crippen MR) is 66.0 cm³/mol. The van der Waals surface area contributed by atoms with E-state index in [1.807, 2.05) is 0 Å². The molecule has 4 nitrogen and oxygen atoms in total. The molecule has 5 heteroatoms. The average Bonchev–Trinajstić information content (AvgIpc) is 3.19. The van der Waals surface area contributed by atoms with Crippen molar-refractivity contribution in [2.45, 2.75) is 18.9 Å². The summed E-state index contributed by atoms with van der Waals surface area (Å²) >= 11 is 0. The van der Waals surface area contributed by atoms with Crippen molar-refractivity contribution in [3.8, 4) is 5.75 Å². The monoisotopic (exact) mass is 252 g/mol. The SMILES string of the molecule is COc1ccc(C(=O)NC(CN)C2CC2)c(F)c1. The van der Waals surface area contributed by atoms with Gasteiger partial charge < -0.3 is 15.8 Å². The summed E-state index contributed by atoms with van der Waals surface area (Å²) in [6.45, 7) is 0.383. The number of carbonyl (C=O) groups is 1. The first-order valence-corrected chi connectivity index (χ1v) is 6.00. The Hall–Kier alpha value is -1.62. The highest BCUT2D eigenvalue weighted by Gasteiger charge is 2.31. The van der Waals surface area contributed by atoms with Gasteiger partial charge in [-0.1, -0.05) is 0 Å². The Bertz CT molecular complexity index is 447. The van der Waals surface area contributed by atoms with Gasteiger partial charge in [-0.25, -0.2) is 4.39 Å². The quantitative estimate of drug-likeness (QED) is 0.830. The van der Waals surface area contributed by atoms with Gasteiger partial charge >= 0.3 is 0 Å². The third-order valence-electron chi connectivity index (χ3n) is 3.18. The largest absolute Gasteiger partial charge is 0.497 e. The van der Waals surface area contributed by atoms with Gasteiger partial charge in [0.15, 0.2) is 0 Å². The molecule has 18 heavy (non-hydrogen) atoms. The van der Waals surface area contributed by atoms with Crippen LogP contribution in [0, 0.1) is 11.7 Å². The van der Waals surface area contributed by atoms with E-state index >= 15 is 0 Å². The first-order chi connectivity index (χ1) is 8.65. The Morgan fingerprint density at radius 1 is 1.61 bits per heavy atom. The fourth-order valence-corrected chi connectivity index (χ4v) is 1.92. The summed E-state index contributed by atoms with van der Waals surface area (Å²) in [5.74, 6) is -0.169. The number of nitrogens with one attached hydrogen (secondary N) is 1. The van der Waals surface area contributed by atoms with E-state index in [2.05, 4.69) is 5.32 Å². The number of methoxy groups -OCH3 is 1. The maximum Gasteiger partial charge on any atom is 0.254 e. The summed E-state index contributed by atoms with van der Waals surface area (Å²) in [6, 6.07) is 4.12. The molecule has 1 unspecified atom stereocenters. The molecule has 0 aliphatic heterocycles. The van der Waals surface area contributed by atoms with E-state index in [0.717, 1.165) is 12.8 Å². The molecule has 3 N–H and O–H groups in total. The molecule has 98 valence electrons. The van der Waals surface area contributed by atoms with Crippen LogP contribution in [0.1, 0.15) is 23.2 Å². The van der Waals surface area contributed by atoms with Gasteiger partial charge in [0, 0.05) is 18.7 Å². The molecule has 1 aliphatic carbocycles. The standard InChI is InChI=1S/C13H17FN2O2/c1-18-9-4-5-10(11(14)6-9)13(17)16-12(7-15)8-2-3-8/h4-6,8,12H,2-3,7,15H2,1H3,(H,16,17). The fraction of sp³-hybridized carbons (Fsp3) is 0.462. The van der Waals surface area contributed by atoms with Crippen LogP contribution < -0.4 is 15.8 Å². The normalized spacial score (nSPS) is 16.2. The smallest absolute Gasteiger partial charge is 0.254 e. The number of ether oxygens (including phenoxy) is 1. The average molecular weight is 252 g/mol. The zero-order chi connectivity index (χ0) is 13.1. The summed E-state index contributed by atoms with van der Waals surface area (Å²) in [7, 11) is 1.45. The van der Waals surface area contributed by atoms with Gasteiger partial charge in [0.25, 0.3) is 5.91 Å². The lowest BCUT2D eigenvalue weighted by Gasteiger charge is -2.16. The number of hydrogen-bond donors (Lipinski definition) is 2. The molecule has 0 spiro atoms. The second-order valence-corrected chi connectivity index (χ2v) is 4.50. The number of hydrogen-bond acceptors (Lipinski definition) is 3. The molecule has 0 saturated heterocycles. The Balaban J connectivity index is 2.08. The lowest BCUT2D eigenvalue weighted by molar-refractivity contribution is 0.0929. The van der Waals surface area contributed by atoms with Crippen molar-refractivity contribution in [3.63, 3.8) is 0 Å². The third-order valence-corrected chi connectivity index (χ3v) is 3.18. The van der Waals surface area contributed by atoms with Gasteiger partial charge in [0.2, 0.25) is 0 Å². The van der Waals surface area contributed by atoms with Crippen LogP contribution in [0.2, 0.25) is 0 Å². The van der Waals surface area contributed by atoms with Crippen molar-refractivity contribution in [1.29, 1.82) is 0 Å². The van der Waals surface area contributed by atoms with E-state index in [1.54, 1.807) is 6.07 Å². The van der Waals surface area contributed by atoms with E-state index < -0.39 is 11.7 Å². The van der Waals surface area contributed by atoms with Crippen LogP contribution in [0.4, 0.5) is 4.39 Å². The number of rotatable bonds is 5. The number of nitrogens with two attached hydrogens (primary N) is 1. The van der Waals surface area contributed by atoms with Gasteiger partial charge in [-0.05, 0) is 30.9 Å². The minimum Gasteiger partial charge on any atom is -0.497 e. The first kappa shape index (κ1) is 12.8. The molecule has 1 fully saturated rings. The van der Waals surface area contributed by atoms with Crippen LogP contribution in [0.3, 0.4) is 0 Å². The molecule has 2 rings (SSSR count). The molecule has 0 heterocycles. The van der Waals surface area contributed by atoms with Crippen molar-refractivity contribution in [2.75, 3.05) is 13.7 Å². The van der Waals surface area contributed by atoms with Crippen LogP contribution in [0.25, 0.3) is 0 Å². The molecule has 1 aromatic rings. The maximum absolute atomic E-state index is 13.7. The Morgan fingerprint density at radius 2 is 2.33 bits per heavy atom. The van der Waals surface area contributed by atoms with E-state index in [0.29, 0.717) is 18.2 Å². The molecule has 1 amide bonds. The van der Waals surface area contributed by atoms with Gasteiger partial charge in [-0.15, -0.1) is 0 Å². The van der Waals surface area contributed by atoms with Crippen LogP contribution in [0.5, 0.6) is 5.75 Å². The minimum absolute atomic E-state index is 0.0231. The van der Waals surface area contributed by atoms with E-state index in [4.69, 9.17) is 10.5 Å². The zero-order valence-corrected chi connectivity index (χ0v) is 10.3. The Kier molecular flexibility index (Phi) is 3.81. The van der Waals surface area contributed by atoms with Gasteiger partial charge in [0.1, 0.15) is 11.6 Å². The second-order valence-electron chi connectivity index (χ2n) is 4.50. The summed E-state index contributed by atoms with van der Waals surface area (Å²) < 4.78 is 18.6. The highest BCUT2D eigenvalue weighted by molar-refractivity contribution is 5.94. The molecular weight excluding hydrogens is 235 g/mol. The summed E-state index contributed by atoms with van der Waals surface area (Å²) in [6.07, 6.45) is 2.15. The predicted octanol–water partition coefficient (Wildman–Crippen LogP) is 1.30. The van der Waals surface area contributed by atoms with Crippen molar-refractivity contribution in [2.24, 2.45) is 11.7 Å². The summed E-state index contributed by atoms with van der Waals surface area (Å²) in [5.41, 5.74) is 5.62. The van der Waals surface area contributed by atoms with E-state index in [9.17, 15) is 9.18 Å². The molecular formula is C13H17FN2O2. The van der Waals surface area contributed by atoms with Gasteiger partial charge in [-0.2, -0.15) is 0 Å². The lowest BCUT2D eigenvalue weighted by Crippen LogP contribution is -2.42. The van der Waals surface area contributed by atoms with Crippen LogP contribution in [-0.4, -0.2) is 25.6 Å². The summed E-state index contributed by atoms with van der Waals surface area (Å²) in [5, 5.41) is 2.78. The lowest BCUT2D eigenvalue weighted by atomic mass is 10.1. The third kappa shape index (κ3) is 2.79. The van der Waals surface area contributed by atoms with Crippen LogP contribution >= 0.6 is 0 Å². The second kappa shape index (κ2) is 5.35. The number of carbonyl (C=O) groups excluding carboxylic acids is 1. The maximum atomic E-state index is 13.7. The fourth-order valence-electron chi connectivity index (χ4n) is 1.92. The van der Waals surface area contributed by atoms with Crippen molar-refractivity contribution in [1.82, 2.24) is 5.32 Å². The van der Waals surface area contributed by atoms with Crippen molar-refractivity contribution >= 4 is 5.91 Å². The van der Waals surface area contributed by atoms with E-state index in [1.165, 1.54) is 19.2 Å². The van der Waals surface area contributed by atoms with Crippen LogP contribution in [-0.2, 0) is 0 Å². The highest BCUT2D eigenvalue weighted by Crippen LogP contribution is 2.32. The topological polar surface area (TPSA) is 64.3 Å². The summed E-state index contributed by atoms with van der Waals surface area (Å²) in [4.78, 5) is 11.9. The van der Waals surface area contributed by atoms with Crippen LogP contribution in [0.15, 0.2) is 18.2 Å². The number of amides is 1. The van der Waals surface area contributed by atoms with Crippen molar-refractivity contribution in [3.05, 3.63) is 29.6 Å². The van der Waals surface area contributed by atoms with Crippen molar-refractivity contribution < 1.29 is 13.9 Å². The molecule has 0 bridgehead atoms.